The number of amides is 1. The van der Waals surface area contributed by atoms with Crippen molar-refractivity contribution >= 4 is 34.4 Å². The third kappa shape index (κ3) is 3.99. The van der Waals surface area contributed by atoms with Crippen LogP contribution in [-0.4, -0.2) is 47.3 Å². The van der Waals surface area contributed by atoms with Crippen LogP contribution in [0.3, 0.4) is 0 Å². The summed E-state index contributed by atoms with van der Waals surface area (Å²) in [4.78, 5) is 20.5. The number of hydrogen-bond acceptors (Lipinski definition) is 4. The fourth-order valence-corrected chi connectivity index (χ4v) is 3.67. The summed E-state index contributed by atoms with van der Waals surface area (Å²) in [6, 6.07) is 1.85. The topological polar surface area (TPSA) is 45.7 Å². The molecule has 0 unspecified atom stereocenters. The van der Waals surface area contributed by atoms with E-state index in [0.717, 1.165) is 6.07 Å². The second-order valence-electron chi connectivity index (χ2n) is 8.12. The molecule has 8 heteroatoms. The van der Waals surface area contributed by atoms with Gasteiger partial charge in [-0.1, -0.05) is 11.6 Å². The average molecular weight is 412 g/mol. The van der Waals surface area contributed by atoms with Crippen LogP contribution < -0.4 is 4.90 Å². The second-order valence-corrected chi connectivity index (χ2v) is 8.50. The lowest BCUT2D eigenvalue weighted by Crippen LogP contribution is -2.55. The molecule has 0 saturated carbocycles. The monoisotopic (exact) mass is 411 g/mol. The van der Waals surface area contributed by atoms with Crippen LogP contribution in [0.25, 0.3) is 10.9 Å². The van der Waals surface area contributed by atoms with Crippen LogP contribution in [0.5, 0.6) is 0 Å². The predicted molar refractivity (Wildman–Crippen MR) is 106 cm³/mol. The van der Waals surface area contributed by atoms with E-state index in [-0.39, 0.29) is 28.1 Å². The minimum atomic E-state index is -0.731. The highest BCUT2D eigenvalue weighted by Gasteiger charge is 2.32. The van der Waals surface area contributed by atoms with Crippen molar-refractivity contribution in [1.82, 2.24) is 9.88 Å². The Kier molecular flexibility index (Phi) is 5.40. The van der Waals surface area contributed by atoms with E-state index in [9.17, 15) is 13.6 Å². The maximum Gasteiger partial charge on any atom is 0.410 e. The molecule has 2 aromatic rings. The number of carbonyl (C=O) groups is 1. The molecule has 1 fully saturated rings. The molecule has 1 aromatic heterocycles. The summed E-state index contributed by atoms with van der Waals surface area (Å²) in [6.45, 7) is 10.6. The summed E-state index contributed by atoms with van der Waals surface area (Å²) in [5.74, 6) is -0.866. The SMILES string of the molecule is Cc1c(N2CCN(C(=O)OC(C)(C)C)[C@H](C)C2)nc2cc(F)cc(F)c2c1Cl. The molecule has 1 aromatic carbocycles. The minimum absolute atomic E-state index is 0.116. The number of carbonyl (C=O) groups excluding carboxylic acids is 1. The van der Waals surface area contributed by atoms with Crippen LogP contribution in [0, 0.1) is 18.6 Å². The first kappa shape index (κ1) is 20.6. The summed E-state index contributed by atoms with van der Waals surface area (Å²) in [7, 11) is 0. The maximum atomic E-state index is 14.2. The molecule has 1 aliphatic heterocycles. The number of aromatic nitrogens is 1. The fraction of sp³-hybridized carbons (Fsp3) is 0.500. The molecule has 1 aliphatic rings. The molecule has 0 bridgehead atoms. The normalized spacial score (nSPS) is 17.9. The van der Waals surface area contributed by atoms with Gasteiger partial charge in [0.25, 0.3) is 0 Å². The number of ether oxygens (including phenoxy) is 1. The van der Waals surface area contributed by atoms with Crippen LogP contribution in [0.4, 0.5) is 19.4 Å². The molecule has 5 nitrogen and oxygen atoms in total. The highest BCUT2D eigenvalue weighted by Crippen LogP contribution is 2.35. The molecule has 3 rings (SSSR count). The number of halogens is 3. The Bertz CT molecular complexity index is 930. The molecule has 0 aliphatic carbocycles. The molecule has 0 N–H and O–H groups in total. The van der Waals surface area contributed by atoms with Gasteiger partial charge in [0.05, 0.1) is 15.9 Å². The first-order chi connectivity index (χ1) is 13.0. The van der Waals surface area contributed by atoms with Gasteiger partial charge in [-0.25, -0.2) is 18.6 Å². The van der Waals surface area contributed by atoms with Crippen LogP contribution in [0.1, 0.15) is 33.3 Å². The number of rotatable bonds is 1. The molecule has 0 spiro atoms. The van der Waals surface area contributed by atoms with Crippen molar-refractivity contribution in [2.45, 2.75) is 46.3 Å². The van der Waals surface area contributed by atoms with Gasteiger partial charge < -0.3 is 14.5 Å². The Morgan fingerprint density at radius 3 is 2.57 bits per heavy atom. The summed E-state index contributed by atoms with van der Waals surface area (Å²) < 4.78 is 33.3. The number of anilines is 1. The number of nitrogens with zero attached hydrogens (tertiary/aromatic N) is 3. The summed E-state index contributed by atoms with van der Waals surface area (Å²) >= 11 is 6.38. The van der Waals surface area contributed by atoms with E-state index < -0.39 is 17.2 Å². The lowest BCUT2D eigenvalue weighted by molar-refractivity contribution is 0.0158. The zero-order chi connectivity index (χ0) is 20.8. The van der Waals surface area contributed by atoms with Gasteiger partial charge in [-0.05, 0) is 34.6 Å². The van der Waals surface area contributed by atoms with E-state index in [0.29, 0.717) is 31.0 Å². The predicted octanol–water partition coefficient (Wildman–Crippen LogP) is 4.92. The standard InChI is InChI=1S/C20H24ClF2N3O2/c1-11-10-25(6-7-26(11)19(27)28-20(3,4)5)18-12(2)17(21)16-14(23)8-13(22)9-15(16)24-18/h8-9,11H,6-7,10H2,1-5H3/t11-/m1/s1. The third-order valence-corrected chi connectivity index (χ3v) is 5.17. The van der Waals surface area contributed by atoms with E-state index in [1.165, 1.54) is 6.07 Å². The molecule has 2 heterocycles. The van der Waals surface area contributed by atoms with Gasteiger partial charge in [0, 0.05) is 43.4 Å². The van der Waals surface area contributed by atoms with Gasteiger partial charge in [-0.15, -0.1) is 0 Å². The summed E-state index contributed by atoms with van der Waals surface area (Å²) in [5, 5.41) is 0.337. The minimum Gasteiger partial charge on any atom is -0.444 e. The Labute approximate surface area is 168 Å². The molecule has 1 atom stereocenters. The van der Waals surface area contributed by atoms with Crippen LogP contribution in [0.2, 0.25) is 5.02 Å². The first-order valence-corrected chi connectivity index (χ1v) is 9.55. The van der Waals surface area contributed by atoms with Crippen molar-refractivity contribution in [3.05, 3.63) is 34.4 Å². The lowest BCUT2D eigenvalue weighted by atomic mass is 10.1. The molecule has 1 saturated heterocycles. The first-order valence-electron chi connectivity index (χ1n) is 9.17. The number of pyridine rings is 1. The van der Waals surface area contributed by atoms with Crippen molar-refractivity contribution in [2.24, 2.45) is 0 Å². The smallest absolute Gasteiger partial charge is 0.410 e. The second kappa shape index (κ2) is 7.35. The van der Waals surface area contributed by atoms with Crippen LogP contribution in [0.15, 0.2) is 12.1 Å². The highest BCUT2D eigenvalue weighted by atomic mass is 35.5. The Morgan fingerprint density at radius 2 is 1.96 bits per heavy atom. The zero-order valence-corrected chi connectivity index (χ0v) is 17.4. The summed E-state index contributed by atoms with van der Waals surface area (Å²) in [5.41, 5.74) is 0.231. The average Bonchev–Trinajstić information content (AvgIpc) is 2.55. The van der Waals surface area contributed by atoms with E-state index >= 15 is 0 Å². The molecule has 1 amide bonds. The number of fused-ring (bicyclic) bond motifs is 1. The van der Waals surface area contributed by atoms with Gasteiger partial charge in [0.1, 0.15) is 23.1 Å². The van der Waals surface area contributed by atoms with Gasteiger partial charge in [-0.2, -0.15) is 0 Å². The molecule has 28 heavy (non-hydrogen) atoms. The van der Waals surface area contributed by atoms with Crippen molar-refractivity contribution in [1.29, 1.82) is 0 Å². The van der Waals surface area contributed by atoms with Gasteiger partial charge in [0.15, 0.2) is 0 Å². The van der Waals surface area contributed by atoms with E-state index in [1.54, 1.807) is 11.8 Å². The largest absolute Gasteiger partial charge is 0.444 e. The van der Waals surface area contributed by atoms with Crippen molar-refractivity contribution < 1.29 is 18.3 Å². The Morgan fingerprint density at radius 1 is 1.29 bits per heavy atom. The number of benzene rings is 1. The molecular formula is C20H24ClF2N3O2. The zero-order valence-electron chi connectivity index (χ0n) is 16.6. The molecule has 152 valence electrons. The van der Waals surface area contributed by atoms with Crippen molar-refractivity contribution in [2.75, 3.05) is 24.5 Å². The van der Waals surface area contributed by atoms with Crippen molar-refractivity contribution in [3.8, 4) is 0 Å². The quantitative estimate of drug-likeness (QED) is 0.668. The van der Waals surface area contributed by atoms with Crippen LogP contribution in [-0.2, 0) is 4.74 Å². The Balaban J connectivity index is 1.89. The maximum absolute atomic E-state index is 14.2. The molecule has 0 radical (unpaired) electrons. The van der Waals surface area contributed by atoms with Gasteiger partial charge >= 0.3 is 6.09 Å². The summed E-state index contributed by atoms with van der Waals surface area (Å²) in [6.07, 6.45) is -0.356. The lowest BCUT2D eigenvalue weighted by Gasteiger charge is -2.41. The van der Waals surface area contributed by atoms with Crippen LogP contribution >= 0.6 is 11.6 Å². The number of hydrogen-bond donors (Lipinski definition) is 0. The van der Waals surface area contributed by atoms with Gasteiger partial charge in [0.2, 0.25) is 0 Å². The third-order valence-electron chi connectivity index (χ3n) is 4.70. The van der Waals surface area contributed by atoms with E-state index in [4.69, 9.17) is 16.3 Å². The van der Waals surface area contributed by atoms with Gasteiger partial charge in [-0.3, -0.25) is 0 Å². The molecular weight excluding hydrogens is 388 g/mol. The van der Waals surface area contributed by atoms with E-state index in [1.807, 2.05) is 32.6 Å². The van der Waals surface area contributed by atoms with E-state index in [2.05, 4.69) is 4.98 Å². The fourth-order valence-electron chi connectivity index (χ4n) is 3.40. The number of piperazine rings is 1. The Hall–Kier alpha value is -2.15. The van der Waals surface area contributed by atoms with Crippen molar-refractivity contribution in [3.63, 3.8) is 0 Å². The highest BCUT2D eigenvalue weighted by molar-refractivity contribution is 6.36.